The van der Waals surface area contributed by atoms with Crippen molar-refractivity contribution in [3.05, 3.63) is 0 Å². The molecule has 0 aliphatic carbocycles. The van der Waals surface area contributed by atoms with Gasteiger partial charge >= 0.3 is 5.97 Å². The van der Waals surface area contributed by atoms with Crippen LogP contribution in [-0.2, 0) is 4.79 Å². The molecule has 0 saturated heterocycles. The lowest BCUT2D eigenvalue weighted by atomic mass is 9.48. The minimum Gasteiger partial charge on any atom is -0.481 e. The van der Waals surface area contributed by atoms with Gasteiger partial charge < -0.3 is 5.11 Å². The van der Waals surface area contributed by atoms with E-state index in [0.717, 1.165) is 25.7 Å². The maximum absolute atomic E-state index is 15.2. The summed E-state index contributed by atoms with van der Waals surface area (Å²) in [5.41, 5.74) is -0.705. The number of hydrogen-bond donors (Lipinski definition) is 1. The summed E-state index contributed by atoms with van der Waals surface area (Å²) >= 11 is 0. The van der Waals surface area contributed by atoms with Crippen molar-refractivity contribution in [2.75, 3.05) is 0 Å². The minimum atomic E-state index is -0.604. The first-order valence-corrected chi connectivity index (χ1v) is 37.7. The van der Waals surface area contributed by atoms with Crippen LogP contribution >= 0.6 is 0 Å². The van der Waals surface area contributed by atoms with E-state index >= 15 is 4.79 Å². The summed E-state index contributed by atoms with van der Waals surface area (Å²) in [5, 5.41) is 12.5. The van der Waals surface area contributed by atoms with Gasteiger partial charge in [0.1, 0.15) is 0 Å². The highest BCUT2D eigenvalue weighted by Crippen LogP contribution is 2.60. The fraction of sp³-hybridized carbons (Fsp3) is 0.987. The highest BCUT2D eigenvalue weighted by Gasteiger charge is 2.57. The summed E-state index contributed by atoms with van der Waals surface area (Å²) in [5.74, 6) is 0.185. The molecule has 1 N–H and O–H groups in total. The lowest BCUT2D eigenvalue weighted by Crippen LogP contribution is -2.52. The average Bonchev–Trinajstić information content (AvgIpc) is 3.63. The van der Waals surface area contributed by atoms with Gasteiger partial charge in [-0.15, -0.1) is 0 Å². The zero-order valence-corrected chi connectivity index (χ0v) is 55.6. The van der Waals surface area contributed by atoms with Gasteiger partial charge in [-0.2, -0.15) is 0 Å². The summed E-state index contributed by atoms with van der Waals surface area (Å²) in [6.45, 7) is 14.0. The fourth-order valence-corrected chi connectivity index (χ4v) is 14.6. The molecule has 78 heavy (non-hydrogen) atoms. The topological polar surface area (TPSA) is 37.3 Å². The van der Waals surface area contributed by atoms with Crippen LogP contribution in [0.15, 0.2) is 0 Å². The van der Waals surface area contributed by atoms with Crippen LogP contribution in [0.1, 0.15) is 465 Å². The Labute approximate surface area is 495 Å². The molecule has 0 aromatic rings. The Kier molecular flexibility index (Phi) is 62.1. The van der Waals surface area contributed by atoms with E-state index < -0.39 is 5.41 Å². The predicted molar refractivity (Wildman–Crippen MR) is 355 cm³/mol. The highest BCUT2D eigenvalue weighted by atomic mass is 16.4. The van der Waals surface area contributed by atoms with Gasteiger partial charge in [0.2, 0.25) is 0 Å². The average molecular weight is 1100 g/mol. The van der Waals surface area contributed by atoms with E-state index in [1.165, 1.54) is 398 Å². The normalized spacial score (nSPS) is 12.2. The van der Waals surface area contributed by atoms with Crippen LogP contribution in [0.3, 0.4) is 0 Å². The van der Waals surface area contributed by atoms with E-state index in [2.05, 4.69) is 41.5 Å². The second-order valence-corrected chi connectivity index (χ2v) is 26.9. The van der Waals surface area contributed by atoms with Gasteiger partial charge in [0.15, 0.2) is 0 Å². The van der Waals surface area contributed by atoms with Crippen LogP contribution in [0.25, 0.3) is 0 Å². The van der Waals surface area contributed by atoms with Crippen molar-refractivity contribution in [3.8, 4) is 0 Å². The first-order chi connectivity index (χ1) is 38.5. The van der Waals surface area contributed by atoms with Gasteiger partial charge in [-0.25, -0.2) is 0 Å². The summed E-state index contributed by atoms with van der Waals surface area (Å²) in [6, 6.07) is 0. The number of aliphatic carboxylic acids is 1. The van der Waals surface area contributed by atoms with Crippen LogP contribution < -0.4 is 0 Å². The van der Waals surface area contributed by atoms with Crippen molar-refractivity contribution in [1.82, 2.24) is 0 Å². The Morgan fingerprint density at radius 1 is 0.231 bits per heavy atom. The van der Waals surface area contributed by atoms with Crippen LogP contribution in [0.4, 0.5) is 0 Å². The fourth-order valence-electron chi connectivity index (χ4n) is 14.6. The van der Waals surface area contributed by atoms with E-state index in [1.54, 1.807) is 0 Å². The molecule has 0 amide bonds. The van der Waals surface area contributed by atoms with E-state index in [-0.39, 0.29) is 11.4 Å². The van der Waals surface area contributed by atoms with Gasteiger partial charge in [0.25, 0.3) is 0 Å². The second-order valence-electron chi connectivity index (χ2n) is 26.9. The lowest BCUT2D eigenvalue weighted by molar-refractivity contribution is -0.170. The van der Waals surface area contributed by atoms with Gasteiger partial charge in [-0.3, -0.25) is 4.79 Å². The summed E-state index contributed by atoms with van der Waals surface area (Å²) in [4.78, 5) is 15.2. The number of carbonyl (C=O) groups is 1. The van der Waals surface area contributed by atoms with Gasteiger partial charge in [-0.1, -0.05) is 427 Å². The molecule has 0 aliphatic rings. The molecule has 0 atom stereocenters. The molecule has 2 heteroatoms. The third-order valence-corrected chi connectivity index (χ3v) is 19.8. The molecule has 0 unspecified atom stereocenters. The smallest absolute Gasteiger partial charge is 0.310 e. The molecule has 0 aliphatic heterocycles. The highest BCUT2D eigenvalue weighted by molar-refractivity contribution is 5.76. The maximum Gasteiger partial charge on any atom is 0.310 e. The Hall–Kier alpha value is -0.530. The SMILES string of the molecule is CCCCCCCCCCCCC(CCCCCCCCCCCC)C(CCCCCCCCCCCC)(CCCCCCCCCCCC)C(CCCCCCCCCCCC)(CCCCCCCCCCCC)C(=O)O. The second kappa shape index (κ2) is 62.5. The molecule has 0 radical (unpaired) electrons. The molecule has 0 saturated carbocycles. The zero-order chi connectivity index (χ0) is 56.8. The summed E-state index contributed by atoms with van der Waals surface area (Å²) < 4.78 is 0. The van der Waals surface area contributed by atoms with Crippen molar-refractivity contribution in [2.24, 2.45) is 16.7 Å². The third kappa shape index (κ3) is 45.0. The van der Waals surface area contributed by atoms with Gasteiger partial charge in [0.05, 0.1) is 5.41 Å². The molecular formula is C76H152O2. The van der Waals surface area contributed by atoms with E-state index in [9.17, 15) is 5.11 Å². The van der Waals surface area contributed by atoms with Crippen molar-refractivity contribution in [2.45, 2.75) is 465 Å². The molecule has 0 aromatic heterocycles. The van der Waals surface area contributed by atoms with Crippen LogP contribution in [-0.4, -0.2) is 11.1 Å². The van der Waals surface area contributed by atoms with E-state index in [1.807, 2.05) is 0 Å². The molecule has 0 heterocycles. The standard InChI is InChI=1S/C76H152O2/c1-7-13-19-25-31-37-43-49-55-61-67-73(68-62-56-50-44-38-32-26-20-14-8-2)75(69-63-57-51-45-39-33-27-21-15-9-3,70-64-58-52-46-40-34-28-22-16-10-4)76(74(77)78,71-65-59-53-47-41-35-29-23-17-11-5)72-66-60-54-48-42-36-30-24-18-12-6/h73H,7-72H2,1-6H3,(H,77,78). The molecule has 2 nitrogen and oxygen atoms in total. The van der Waals surface area contributed by atoms with Crippen molar-refractivity contribution < 1.29 is 9.90 Å². The number of carboxylic acid groups (broad SMARTS) is 1. The van der Waals surface area contributed by atoms with Crippen molar-refractivity contribution in [1.29, 1.82) is 0 Å². The number of carboxylic acids is 1. The Bertz CT molecular complexity index is 1050. The minimum absolute atomic E-state index is 0.101. The molecular weight excluding hydrogens is 945 g/mol. The van der Waals surface area contributed by atoms with E-state index in [0.29, 0.717) is 5.92 Å². The van der Waals surface area contributed by atoms with E-state index in [4.69, 9.17) is 0 Å². The van der Waals surface area contributed by atoms with Crippen molar-refractivity contribution in [3.63, 3.8) is 0 Å². The number of hydrogen-bond acceptors (Lipinski definition) is 1. The van der Waals surface area contributed by atoms with Gasteiger partial charge in [0, 0.05) is 0 Å². The maximum atomic E-state index is 15.2. The molecule has 0 spiro atoms. The first kappa shape index (κ1) is 77.5. The largest absolute Gasteiger partial charge is 0.481 e. The van der Waals surface area contributed by atoms with Crippen LogP contribution in [0.2, 0.25) is 0 Å². The Morgan fingerprint density at radius 3 is 0.564 bits per heavy atom. The lowest BCUT2D eigenvalue weighted by Gasteiger charge is -2.54. The molecule has 0 rings (SSSR count). The summed E-state index contributed by atoms with van der Waals surface area (Å²) in [6.07, 6.45) is 88.3. The molecule has 0 fully saturated rings. The monoisotopic (exact) mass is 1100 g/mol. The summed E-state index contributed by atoms with van der Waals surface area (Å²) in [7, 11) is 0. The van der Waals surface area contributed by atoms with Crippen molar-refractivity contribution >= 4 is 5.97 Å². The number of rotatable bonds is 69. The number of unbranched alkanes of at least 4 members (excludes halogenated alkanes) is 54. The molecule has 0 bridgehead atoms. The van der Waals surface area contributed by atoms with Crippen LogP contribution in [0.5, 0.6) is 0 Å². The molecule has 0 aromatic carbocycles. The Balaban J connectivity index is 7.17. The van der Waals surface area contributed by atoms with Crippen LogP contribution in [0, 0.1) is 16.7 Å². The van der Waals surface area contributed by atoms with Gasteiger partial charge in [-0.05, 0) is 49.9 Å². The Morgan fingerprint density at radius 2 is 0.385 bits per heavy atom. The third-order valence-electron chi connectivity index (χ3n) is 19.8. The predicted octanol–water partition coefficient (Wildman–Crippen LogP) is 28.5. The molecule has 468 valence electrons. The first-order valence-electron chi connectivity index (χ1n) is 37.7. The quantitative estimate of drug-likeness (QED) is 0.0616. The zero-order valence-electron chi connectivity index (χ0n) is 55.6.